The largest absolute Gasteiger partial charge is 0.472 e. The molecule has 3 N–H and O–H groups in total. The first-order valence-electron chi connectivity index (χ1n) is 39.1. The molecule has 17 nitrogen and oxygen atoms in total. The standard InChI is InChI=1S/C81H140O17P2/c1-5-9-13-17-21-25-29-33-35-36-37-38-40-43-46-50-54-58-62-66-79(84)92-72-76(97-80(85)67-63-59-55-51-47-42-32-28-24-20-16-12-8-4)73-95-99(87,88)93-69-75(82)70-94-100(89,90)96-74-77(71-91-78(83)65-61-57-53-49-45-41-31-27-23-19-15-11-7-3)98-81(86)68-64-60-56-52-48-44-39-34-30-26-22-18-14-10-6-2/h21-22,25-28,31-35,37-39,43,46,54,58,75-77,82H,5-20,23-24,29-30,36,40-42,44-45,47-53,55-57,59-74H2,1-4H3,(H,87,88)(H,89,90)/b25-21-,26-22-,31-27-,32-28-,35-33-,38-37-,39-34-,46-43-,58-54-/t75-,76-,77-/m1/s1. The molecule has 576 valence electrons. The highest BCUT2D eigenvalue weighted by Crippen LogP contribution is 2.45. The Hall–Kier alpha value is -4.28. The van der Waals surface area contributed by atoms with Gasteiger partial charge in [0.25, 0.3) is 0 Å². The maximum atomic E-state index is 13.1. The highest BCUT2D eigenvalue weighted by Gasteiger charge is 2.30. The number of phosphoric acid groups is 2. The molecule has 5 atom stereocenters. The smallest absolute Gasteiger partial charge is 0.462 e. The second-order valence-corrected chi connectivity index (χ2v) is 28.8. The summed E-state index contributed by atoms with van der Waals surface area (Å²) in [5.74, 6) is -2.30. The summed E-state index contributed by atoms with van der Waals surface area (Å²) in [6.07, 6.45) is 78.0. The summed E-state index contributed by atoms with van der Waals surface area (Å²) in [6, 6.07) is 0. The first kappa shape index (κ1) is 95.7. The lowest BCUT2D eigenvalue weighted by molar-refractivity contribution is -0.161. The number of hydrogen-bond acceptors (Lipinski definition) is 15. The predicted octanol–water partition coefficient (Wildman–Crippen LogP) is 22.6. The van der Waals surface area contributed by atoms with E-state index >= 15 is 0 Å². The van der Waals surface area contributed by atoms with Gasteiger partial charge in [0.2, 0.25) is 0 Å². The molecule has 0 aromatic heterocycles. The minimum Gasteiger partial charge on any atom is -0.462 e. The first-order chi connectivity index (χ1) is 48.7. The predicted molar refractivity (Wildman–Crippen MR) is 408 cm³/mol. The fourth-order valence-corrected chi connectivity index (χ4v) is 11.7. The fraction of sp³-hybridized carbons (Fsp3) is 0.728. The van der Waals surface area contributed by atoms with Crippen molar-refractivity contribution in [1.29, 1.82) is 0 Å². The minimum absolute atomic E-state index is 0.0355. The molecular weight excluding hydrogens is 1310 g/mol. The highest BCUT2D eigenvalue weighted by molar-refractivity contribution is 7.47. The molecule has 0 aromatic rings. The Balaban J connectivity index is 5.42. The Morgan fingerprint density at radius 1 is 0.280 bits per heavy atom. The van der Waals surface area contributed by atoms with Gasteiger partial charge in [-0.15, -0.1) is 0 Å². The van der Waals surface area contributed by atoms with E-state index in [-0.39, 0.29) is 25.7 Å². The van der Waals surface area contributed by atoms with Crippen LogP contribution in [0.5, 0.6) is 0 Å². The zero-order chi connectivity index (χ0) is 73.2. The van der Waals surface area contributed by atoms with Crippen molar-refractivity contribution in [3.63, 3.8) is 0 Å². The monoisotopic (exact) mass is 1450 g/mol. The number of hydrogen-bond donors (Lipinski definition) is 3. The molecule has 0 rings (SSSR count). The molecule has 0 fully saturated rings. The Bertz CT molecular complexity index is 2320. The van der Waals surface area contributed by atoms with E-state index in [1.807, 2.05) is 12.2 Å². The van der Waals surface area contributed by atoms with Gasteiger partial charge in [-0.2, -0.15) is 0 Å². The molecule has 0 bridgehead atoms. The van der Waals surface area contributed by atoms with Gasteiger partial charge in [-0.25, -0.2) is 9.13 Å². The molecule has 0 heterocycles. The topological polar surface area (TPSA) is 237 Å². The van der Waals surface area contributed by atoms with Crippen LogP contribution in [0, 0.1) is 0 Å². The molecule has 100 heavy (non-hydrogen) atoms. The molecule has 0 saturated carbocycles. The number of unbranched alkanes of at least 4 members (excludes halogenated alkanes) is 29. The Labute approximate surface area is 607 Å². The average Bonchev–Trinajstić information content (AvgIpc) is 0.924. The van der Waals surface area contributed by atoms with Gasteiger partial charge in [0.05, 0.1) is 26.4 Å². The molecule has 0 radical (unpaired) electrons. The third-order valence-electron chi connectivity index (χ3n) is 16.2. The van der Waals surface area contributed by atoms with Crippen LogP contribution in [0.1, 0.15) is 323 Å². The van der Waals surface area contributed by atoms with Crippen LogP contribution in [-0.2, 0) is 65.4 Å². The second-order valence-electron chi connectivity index (χ2n) is 25.9. The van der Waals surface area contributed by atoms with E-state index in [4.69, 9.17) is 37.0 Å². The zero-order valence-electron chi connectivity index (χ0n) is 62.8. The number of ether oxygens (including phenoxy) is 4. The van der Waals surface area contributed by atoms with Crippen LogP contribution in [-0.4, -0.2) is 96.7 Å². The number of carbonyl (C=O) groups is 4. The summed E-state index contributed by atoms with van der Waals surface area (Å²) in [7, 11) is -9.98. The number of rotatable bonds is 73. The van der Waals surface area contributed by atoms with Crippen LogP contribution in [0.25, 0.3) is 0 Å². The van der Waals surface area contributed by atoms with Crippen LogP contribution in [0.15, 0.2) is 109 Å². The van der Waals surface area contributed by atoms with E-state index < -0.39 is 97.5 Å². The van der Waals surface area contributed by atoms with Crippen molar-refractivity contribution in [2.24, 2.45) is 0 Å². The third-order valence-corrected chi connectivity index (χ3v) is 18.1. The molecule has 0 saturated heterocycles. The molecule has 2 unspecified atom stereocenters. The number of aliphatic hydroxyl groups excluding tert-OH is 1. The van der Waals surface area contributed by atoms with E-state index in [1.165, 1.54) is 89.9 Å². The second kappa shape index (κ2) is 73.0. The van der Waals surface area contributed by atoms with Crippen molar-refractivity contribution in [1.82, 2.24) is 0 Å². The van der Waals surface area contributed by atoms with E-state index in [0.717, 1.165) is 148 Å². The normalized spacial score (nSPS) is 14.5. The number of phosphoric ester groups is 2. The quantitative estimate of drug-likeness (QED) is 0.0169. The minimum atomic E-state index is -4.99. The van der Waals surface area contributed by atoms with Gasteiger partial charge in [0, 0.05) is 25.7 Å². The van der Waals surface area contributed by atoms with Gasteiger partial charge in [-0.1, -0.05) is 259 Å². The van der Waals surface area contributed by atoms with Gasteiger partial charge >= 0.3 is 39.5 Å². The lowest BCUT2D eigenvalue weighted by Gasteiger charge is -2.21. The van der Waals surface area contributed by atoms with Crippen molar-refractivity contribution < 1.29 is 80.2 Å². The number of allylic oxidation sites excluding steroid dienone is 18. The molecule has 0 amide bonds. The van der Waals surface area contributed by atoms with Crippen molar-refractivity contribution >= 4 is 39.5 Å². The third kappa shape index (κ3) is 72.1. The van der Waals surface area contributed by atoms with E-state index in [2.05, 4.69) is 125 Å². The van der Waals surface area contributed by atoms with Crippen molar-refractivity contribution in [2.45, 2.75) is 341 Å². The summed E-state index contributed by atoms with van der Waals surface area (Å²) in [5.41, 5.74) is 0. The molecule has 0 aliphatic heterocycles. The number of aliphatic hydroxyl groups is 1. The molecule has 19 heteroatoms. The lowest BCUT2D eigenvalue weighted by atomic mass is 10.1. The van der Waals surface area contributed by atoms with Gasteiger partial charge in [-0.05, 0) is 148 Å². The summed E-state index contributed by atoms with van der Waals surface area (Å²) in [6.45, 7) is 4.68. The maximum Gasteiger partial charge on any atom is 0.472 e. The summed E-state index contributed by atoms with van der Waals surface area (Å²) in [4.78, 5) is 72.8. The molecule has 0 aliphatic carbocycles. The Kier molecular flexibility index (Phi) is 69.9. The van der Waals surface area contributed by atoms with E-state index in [9.17, 15) is 43.2 Å². The van der Waals surface area contributed by atoms with E-state index in [1.54, 1.807) is 0 Å². The average molecular weight is 1450 g/mol. The van der Waals surface area contributed by atoms with Crippen LogP contribution >= 0.6 is 15.6 Å². The molecular formula is C81H140O17P2. The van der Waals surface area contributed by atoms with Crippen molar-refractivity contribution in [2.75, 3.05) is 39.6 Å². The van der Waals surface area contributed by atoms with Gasteiger partial charge in [0.1, 0.15) is 19.3 Å². The lowest BCUT2D eigenvalue weighted by Crippen LogP contribution is -2.30. The SMILES string of the molecule is CCCCC/C=C\C/C=C\C/C=C\C/C=C\C/C=C\CCC(=O)OC[C@H](COP(=O)(O)OC[C@@H](O)COP(=O)(O)OC[C@@H](COC(=O)CCCCCCC/C=C\CCCCCC)OC(=O)CCCCCCC/C=C\C/C=C\CCCCC)OC(=O)CCCCCCC/C=C\CCCCCC. The van der Waals surface area contributed by atoms with Crippen LogP contribution in [0.2, 0.25) is 0 Å². The number of esters is 4. The molecule has 0 aromatic carbocycles. The maximum absolute atomic E-state index is 13.1. The number of carbonyl (C=O) groups excluding carboxylic acids is 4. The molecule has 0 spiro atoms. The van der Waals surface area contributed by atoms with E-state index in [0.29, 0.717) is 32.1 Å². The fourth-order valence-electron chi connectivity index (χ4n) is 10.2. The summed E-state index contributed by atoms with van der Waals surface area (Å²) < 4.78 is 68.4. The first-order valence-corrected chi connectivity index (χ1v) is 42.1. The van der Waals surface area contributed by atoms with Crippen molar-refractivity contribution in [3.8, 4) is 0 Å². The van der Waals surface area contributed by atoms with Crippen LogP contribution < -0.4 is 0 Å². The Morgan fingerprint density at radius 3 is 0.840 bits per heavy atom. The summed E-state index contributed by atoms with van der Waals surface area (Å²) >= 11 is 0. The van der Waals surface area contributed by atoms with Gasteiger partial charge < -0.3 is 33.8 Å². The van der Waals surface area contributed by atoms with Gasteiger partial charge in [-0.3, -0.25) is 37.3 Å². The summed E-state index contributed by atoms with van der Waals surface area (Å²) in [5, 5.41) is 10.6. The molecule has 0 aliphatic rings. The van der Waals surface area contributed by atoms with Crippen molar-refractivity contribution in [3.05, 3.63) is 109 Å². The zero-order valence-corrected chi connectivity index (χ0v) is 64.6. The van der Waals surface area contributed by atoms with Gasteiger partial charge in [0.15, 0.2) is 12.2 Å². The Morgan fingerprint density at radius 2 is 0.510 bits per heavy atom. The van der Waals surface area contributed by atoms with Crippen LogP contribution in [0.3, 0.4) is 0 Å². The highest BCUT2D eigenvalue weighted by atomic mass is 31.2. The van der Waals surface area contributed by atoms with Crippen LogP contribution in [0.4, 0.5) is 0 Å².